The van der Waals surface area contributed by atoms with Gasteiger partial charge in [-0.15, -0.1) is 0 Å². The predicted octanol–water partition coefficient (Wildman–Crippen LogP) is 2.68. The molecule has 0 spiro atoms. The summed E-state index contributed by atoms with van der Waals surface area (Å²) in [6.45, 7) is 6.04. The maximum absolute atomic E-state index is 5.91. The lowest BCUT2D eigenvalue weighted by Gasteiger charge is -2.32. The molecule has 0 aliphatic carbocycles. The van der Waals surface area contributed by atoms with Crippen molar-refractivity contribution in [1.82, 2.24) is 5.32 Å². The second kappa shape index (κ2) is 6.66. The molecule has 1 atom stereocenters. The third kappa shape index (κ3) is 3.62. The van der Waals surface area contributed by atoms with Crippen LogP contribution >= 0.6 is 0 Å². The molecular weight excluding hydrogens is 196 g/mol. The summed E-state index contributed by atoms with van der Waals surface area (Å²) < 4.78 is 0. The van der Waals surface area contributed by atoms with E-state index >= 15 is 0 Å². The van der Waals surface area contributed by atoms with Gasteiger partial charge in [-0.2, -0.15) is 0 Å². The minimum absolute atomic E-state index is 0.116. The average molecular weight is 220 g/mol. The Morgan fingerprint density at radius 2 is 1.88 bits per heavy atom. The summed E-state index contributed by atoms with van der Waals surface area (Å²) in [7, 11) is 0. The van der Waals surface area contributed by atoms with Gasteiger partial charge in [-0.3, -0.25) is 0 Å². The van der Waals surface area contributed by atoms with Crippen LogP contribution in [0, 0.1) is 0 Å². The Labute approximate surface area is 99.2 Å². The van der Waals surface area contributed by atoms with Crippen LogP contribution in [-0.2, 0) is 6.54 Å². The van der Waals surface area contributed by atoms with Crippen LogP contribution in [-0.4, -0.2) is 12.1 Å². The van der Waals surface area contributed by atoms with Crippen molar-refractivity contribution >= 4 is 0 Å². The summed E-state index contributed by atoms with van der Waals surface area (Å²) in [6.07, 6.45) is 3.41. The van der Waals surface area contributed by atoms with E-state index in [2.05, 4.69) is 43.4 Å². The zero-order valence-electron chi connectivity index (χ0n) is 10.5. The van der Waals surface area contributed by atoms with Crippen molar-refractivity contribution in [2.24, 2.45) is 5.73 Å². The number of benzene rings is 1. The summed E-state index contributed by atoms with van der Waals surface area (Å²) in [4.78, 5) is 0. The highest BCUT2D eigenvalue weighted by atomic mass is 15.0. The monoisotopic (exact) mass is 220 g/mol. The van der Waals surface area contributed by atoms with E-state index in [1.165, 1.54) is 12.0 Å². The minimum Gasteiger partial charge on any atom is -0.329 e. The molecule has 0 saturated carbocycles. The number of nitrogens with one attached hydrogen (secondary N) is 1. The highest BCUT2D eigenvalue weighted by Crippen LogP contribution is 2.16. The third-order valence-electron chi connectivity index (χ3n) is 3.31. The van der Waals surface area contributed by atoms with Gasteiger partial charge in [-0.05, 0) is 18.4 Å². The first-order chi connectivity index (χ1) is 7.76. The first-order valence-corrected chi connectivity index (χ1v) is 6.25. The van der Waals surface area contributed by atoms with Crippen molar-refractivity contribution in [3.8, 4) is 0 Å². The molecule has 0 saturated heterocycles. The van der Waals surface area contributed by atoms with Gasteiger partial charge < -0.3 is 11.1 Å². The lowest BCUT2D eigenvalue weighted by Crippen LogP contribution is -2.50. The standard InChI is InChI=1S/C14H24N2/c1-3-10-14(4-2,12-15)16-11-13-8-6-5-7-9-13/h5-9,16H,3-4,10-12,15H2,1-2H3. The van der Waals surface area contributed by atoms with Crippen molar-refractivity contribution in [2.75, 3.05) is 6.54 Å². The van der Waals surface area contributed by atoms with Crippen LogP contribution < -0.4 is 11.1 Å². The molecule has 0 bridgehead atoms. The van der Waals surface area contributed by atoms with Crippen molar-refractivity contribution in [3.05, 3.63) is 35.9 Å². The fourth-order valence-corrected chi connectivity index (χ4v) is 2.07. The number of nitrogens with two attached hydrogens (primary N) is 1. The highest BCUT2D eigenvalue weighted by Gasteiger charge is 2.24. The molecule has 16 heavy (non-hydrogen) atoms. The molecule has 0 heterocycles. The van der Waals surface area contributed by atoms with Crippen LogP contribution in [0.1, 0.15) is 38.7 Å². The number of hydrogen-bond acceptors (Lipinski definition) is 2. The summed E-state index contributed by atoms with van der Waals surface area (Å²) in [6, 6.07) is 10.5. The van der Waals surface area contributed by atoms with Crippen LogP contribution in [0.2, 0.25) is 0 Å². The van der Waals surface area contributed by atoms with Gasteiger partial charge in [0.2, 0.25) is 0 Å². The Morgan fingerprint density at radius 1 is 1.19 bits per heavy atom. The fraction of sp³-hybridized carbons (Fsp3) is 0.571. The van der Waals surface area contributed by atoms with E-state index in [4.69, 9.17) is 5.73 Å². The maximum atomic E-state index is 5.91. The predicted molar refractivity (Wildman–Crippen MR) is 70.3 cm³/mol. The highest BCUT2D eigenvalue weighted by molar-refractivity contribution is 5.14. The number of hydrogen-bond donors (Lipinski definition) is 2. The minimum atomic E-state index is 0.116. The maximum Gasteiger partial charge on any atom is 0.0304 e. The third-order valence-corrected chi connectivity index (χ3v) is 3.31. The molecule has 0 radical (unpaired) electrons. The Hall–Kier alpha value is -0.860. The van der Waals surface area contributed by atoms with Crippen LogP contribution in [0.4, 0.5) is 0 Å². The quantitative estimate of drug-likeness (QED) is 0.741. The molecule has 90 valence electrons. The topological polar surface area (TPSA) is 38.0 Å². The Morgan fingerprint density at radius 3 is 2.38 bits per heavy atom. The Balaban J connectivity index is 2.56. The van der Waals surface area contributed by atoms with Crippen molar-refractivity contribution < 1.29 is 0 Å². The Kier molecular flexibility index (Phi) is 5.50. The number of rotatable bonds is 7. The second-order valence-corrected chi connectivity index (χ2v) is 4.43. The molecule has 2 heteroatoms. The first kappa shape index (κ1) is 13.2. The Bertz CT molecular complexity index is 278. The normalized spacial score (nSPS) is 14.7. The van der Waals surface area contributed by atoms with E-state index in [1.54, 1.807) is 0 Å². The average Bonchev–Trinajstić information content (AvgIpc) is 2.36. The van der Waals surface area contributed by atoms with Gasteiger partial charge >= 0.3 is 0 Å². The lowest BCUT2D eigenvalue weighted by atomic mass is 9.90. The smallest absolute Gasteiger partial charge is 0.0304 e. The molecule has 1 rings (SSSR count). The molecular formula is C14H24N2. The zero-order valence-corrected chi connectivity index (χ0v) is 10.5. The van der Waals surface area contributed by atoms with Gasteiger partial charge in [0.1, 0.15) is 0 Å². The summed E-state index contributed by atoms with van der Waals surface area (Å²) in [5, 5.41) is 3.62. The molecule has 0 amide bonds. The van der Waals surface area contributed by atoms with Crippen molar-refractivity contribution in [2.45, 2.75) is 45.2 Å². The van der Waals surface area contributed by atoms with Gasteiger partial charge in [-0.1, -0.05) is 50.6 Å². The molecule has 0 aliphatic rings. The second-order valence-electron chi connectivity index (χ2n) is 4.43. The first-order valence-electron chi connectivity index (χ1n) is 6.25. The van der Waals surface area contributed by atoms with Crippen molar-refractivity contribution in [3.63, 3.8) is 0 Å². The molecule has 3 N–H and O–H groups in total. The molecule has 0 aliphatic heterocycles. The van der Waals surface area contributed by atoms with Crippen LogP contribution in [0.25, 0.3) is 0 Å². The van der Waals surface area contributed by atoms with E-state index < -0.39 is 0 Å². The molecule has 1 aromatic carbocycles. The largest absolute Gasteiger partial charge is 0.329 e. The molecule has 1 aromatic rings. The zero-order chi connectivity index (χ0) is 11.9. The van der Waals surface area contributed by atoms with Crippen LogP contribution in [0.15, 0.2) is 30.3 Å². The van der Waals surface area contributed by atoms with E-state index in [1.807, 2.05) is 6.07 Å². The van der Waals surface area contributed by atoms with Crippen LogP contribution in [0.5, 0.6) is 0 Å². The van der Waals surface area contributed by atoms with E-state index in [0.29, 0.717) is 6.54 Å². The fourth-order valence-electron chi connectivity index (χ4n) is 2.07. The van der Waals surface area contributed by atoms with E-state index in [0.717, 1.165) is 19.4 Å². The summed E-state index contributed by atoms with van der Waals surface area (Å²) >= 11 is 0. The van der Waals surface area contributed by atoms with Crippen LogP contribution in [0.3, 0.4) is 0 Å². The van der Waals surface area contributed by atoms with E-state index in [-0.39, 0.29) is 5.54 Å². The molecule has 1 unspecified atom stereocenters. The molecule has 2 nitrogen and oxygen atoms in total. The van der Waals surface area contributed by atoms with Gasteiger partial charge in [0.25, 0.3) is 0 Å². The van der Waals surface area contributed by atoms with Gasteiger partial charge in [-0.25, -0.2) is 0 Å². The van der Waals surface area contributed by atoms with Gasteiger partial charge in [0, 0.05) is 18.6 Å². The molecule has 0 aromatic heterocycles. The van der Waals surface area contributed by atoms with E-state index in [9.17, 15) is 0 Å². The summed E-state index contributed by atoms with van der Waals surface area (Å²) in [5.74, 6) is 0. The SMILES string of the molecule is CCCC(CC)(CN)NCc1ccccc1. The van der Waals surface area contributed by atoms with Gasteiger partial charge in [0.05, 0.1) is 0 Å². The lowest BCUT2D eigenvalue weighted by molar-refractivity contribution is 0.293. The van der Waals surface area contributed by atoms with Gasteiger partial charge in [0.15, 0.2) is 0 Å². The summed E-state index contributed by atoms with van der Waals surface area (Å²) in [5.41, 5.74) is 7.35. The van der Waals surface area contributed by atoms with Crippen molar-refractivity contribution in [1.29, 1.82) is 0 Å². The molecule has 0 fully saturated rings.